The minimum absolute atomic E-state index is 0.364. The number of halogens is 1. The molecule has 0 aliphatic heterocycles. The summed E-state index contributed by atoms with van der Waals surface area (Å²) in [7, 11) is 1.35. The number of hydrogen-bond acceptors (Lipinski definition) is 5. The van der Waals surface area contributed by atoms with Gasteiger partial charge in [0.2, 0.25) is 0 Å². The van der Waals surface area contributed by atoms with E-state index in [0.717, 1.165) is 20.6 Å². The van der Waals surface area contributed by atoms with Crippen LogP contribution in [0.25, 0.3) is 0 Å². The molecule has 0 unspecified atom stereocenters. The maximum atomic E-state index is 11.5. The van der Waals surface area contributed by atoms with E-state index in [-0.39, 0.29) is 0 Å². The summed E-state index contributed by atoms with van der Waals surface area (Å²) in [5, 5.41) is 3.90. The van der Waals surface area contributed by atoms with Crippen LogP contribution in [-0.2, 0) is 4.74 Å². The number of esters is 1. The molecule has 1 N–H and O–H groups in total. The minimum atomic E-state index is -0.409. The van der Waals surface area contributed by atoms with Crippen LogP contribution in [0.2, 0.25) is 0 Å². The molecule has 2 rings (SSSR count). The number of thiazole rings is 1. The van der Waals surface area contributed by atoms with E-state index in [2.05, 4.69) is 26.2 Å². The van der Waals surface area contributed by atoms with Crippen molar-refractivity contribution in [3.05, 3.63) is 38.8 Å². The SMILES string of the molecule is COC(=O)c1nc(Nc2cc(Br)ccc2C)sc1C. The Morgan fingerprint density at radius 2 is 2.16 bits per heavy atom. The van der Waals surface area contributed by atoms with Gasteiger partial charge in [0.25, 0.3) is 0 Å². The Kier molecular flexibility index (Phi) is 4.21. The molecule has 1 aromatic carbocycles. The highest BCUT2D eigenvalue weighted by molar-refractivity contribution is 9.10. The number of rotatable bonds is 3. The van der Waals surface area contributed by atoms with Crippen molar-refractivity contribution in [3.63, 3.8) is 0 Å². The van der Waals surface area contributed by atoms with Crippen LogP contribution in [0.15, 0.2) is 22.7 Å². The number of ether oxygens (including phenoxy) is 1. The molecule has 0 aliphatic rings. The molecule has 0 bridgehead atoms. The molecule has 0 atom stereocenters. The third kappa shape index (κ3) is 3.13. The van der Waals surface area contributed by atoms with Gasteiger partial charge in [0.15, 0.2) is 10.8 Å². The van der Waals surface area contributed by atoms with Crippen molar-refractivity contribution in [1.82, 2.24) is 4.98 Å². The van der Waals surface area contributed by atoms with Gasteiger partial charge in [0.05, 0.1) is 7.11 Å². The van der Waals surface area contributed by atoms with Gasteiger partial charge in [-0.05, 0) is 31.5 Å². The molecule has 1 heterocycles. The number of hydrogen-bond donors (Lipinski definition) is 1. The summed E-state index contributed by atoms with van der Waals surface area (Å²) < 4.78 is 5.68. The average Bonchev–Trinajstić information content (AvgIpc) is 2.74. The van der Waals surface area contributed by atoms with Gasteiger partial charge in [0.1, 0.15) is 0 Å². The van der Waals surface area contributed by atoms with Crippen molar-refractivity contribution in [2.45, 2.75) is 13.8 Å². The van der Waals surface area contributed by atoms with Gasteiger partial charge in [-0.2, -0.15) is 0 Å². The van der Waals surface area contributed by atoms with E-state index in [9.17, 15) is 4.79 Å². The van der Waals surface area contributed by atoms with Crippen LogP contribution in [-0.4, -0.2) is 18.1 Å². The molecule has 4 nitrogen and oxygen atoms in total. The summed E-state index contributed by atoms with van der Waals surface area (Å²) in [6, 6.07) is 5.96. The fourth-order valence-corrected chi connectivity index (χ4v) is 2.75. The Morgan fingerprint density at radius 1 is 1.42 bits per heavy atom. The van der Waals surface area contributed by atoms with E-state index in [1.807, 2.05) is 32.0 Å². The topological polar surface area (TPSA) is 51.2 Å². The first-order valence-corrected chi connectivity index (χ1v) is 7.21. The summed E-state index contributed by atoms with van der Waals surface area (Å²) in [5.74, 6) is -0.409. The first-order chi connectivity index (χ1) is 9.01. The lowest BCUT2D eigenvalue weighted by molar-refractivity contribution is 0.0594. The van der Waals surface area contributed by atoms with Crippen LogP contribution in [0.4, 0.5) is 10.8 Å². The number of benzene rings is 1. The number of carbonyl (C=O) groups excluding carboxylic acids is 1. The third-order valence-electron chi connectivity index (χ3n) is 2.62. The number of nitrogens with one attached hydrogen (secondary N) is 1. The van der Waals surface area contributed by atoms with Crippen molar-refractivity contribution in [2.24, 2.45) is 0 Å². The molecule has 0 fully saturated rings. The van der Waals surface area contributed by atoms with Gasteiger partial charge >= 0.3 is 5.97 Å². The molecular weight excluding hydrogens is 328 g/mol. The van der Waals surface area contributed by atoms with E-state index >= 15 is 0 Å². The van der Waals surface area contributed by atoms with Crippen molar-refractivity contribution in [1.29, 1.82) is 0 Å². The van der Waals surface area contributed by atoms with Gasteiger partial charge in [-0.3, -0.25) is 0 Å². The highest BCUT2D eigenvalue weighted by Gasteiger charge is 2.16. The highest BCUT2D eigenvalue weighted by Crippen LogP contribution is 2.28. The predicted octanol–water partition coefficient (Wildman–Crippen LogP) is 4.05. The summed E-state index contributed by atoms with van der Waals surface area (Å²) >= 11 is 4.86. The van der Waals surface area contributed by atoms with Gasteiger partial charge in [-0.25, -0.2) is 9.78 Å². The smallest absolute Gasteiger partial charge is 0.357 e. The third-order valence-corrected chi connectivity index (χ3v) is 4.00. The minimum Gasteiger partial charge on any atom is -0.464 e. The fraction of sp³-hybridized carbons (Fsp3) is 0.231. The molecule has 1 aromatic heterocycles. The Hall–Kier alpha value is -1.40. The molecule has 0 aliphatic carbocycles. The van der Waals surface area contributed by atoms with Gasteiger partial charge < -0.3 is 10.1 Å². The molecule has 0 spiro atoms. The second-order valence-electron chi connectivity index (χ2n) is 4.00. The lowest BCUT2D eigenvalue weighted by Gasteiger charge is -2.06. The van der Waals surface area contributed by atoms with Crippen LogP contribution < -0.4 is 5.32 Å². The van der Waals surface area contributed by atoms with Crippen molar-refractivity contribution < 1.29 is 9.53 Å². The van der Waals surface area contributed by atoms with Crippen LogP contribution in [0.1, 0.15) is 20.9 Å². The number of aromatic nitrogens is 1. The Bertz CT molecular complexity index is 625. The summed E-state index contributed by atoms with van der Waals surface area (Å²) in [5.41, 5.74) is 2.43. The highest BCUT2D eigenvalue weighted by atomic mass is 79.9. The van der Waals surface area contributed by atoms with E-state index in [0.29, 0.717) is 10.8 Å². The van der Waals surface area contributed by atoms with E-state index < -0.39 is 5.97 Å². The van der Waals surface area contributed by atoms with Crippen LogP contribution in [0.5, 0.6) is 0 Å². The van der Waals surface area contributed by atoms with E-state index in [1.54, 1.807) is 0 Å². The normalized spacial score (nSPS) is 10.3. The number of aryl methyl sites for hydroxylation is 2. The van der Waals surface area contributed by atoms with Crippen LogP contribution in [0, 0.1) is 13.8 Å². The molecule has 0 radical (unpaired) electrons. The van der Waals surface area contributed by atoms with Crippen LogP contribution in [0.3, 0.4) is 0 Å². The quantitative estimate of drug-likeness (QED) is 0.856. The van der Waals surface area contributed by atoms with Gasteiger partial charge in [-0.15, -0.1) is 11.3 Å². The zero-order chi connectivity index (χ0) is 14.0. The Morgan fingerprint density at radius 3 is 2.84 bits per heavy atom. The van der Waals surface area contributed by atoms with Gasteiger partial charge in [0, 0.05) is 15.0 Å². The summed E-state index contributed by atoms with van der Waals surface area (Å²) in [6.45, 7) is 3.86. The fourth-order valence-electron chi connectivity index (χ4n) is 1.58. The number of methoxy groups -OCH3 is 1. The number of carbonyl (C=O) groups is 1. The maximum absolute atomic E-state index is 11.5. The second kappa shape index (κ2) is 5.71. The molecule has 0 saturated heterocycles. The average molecular weight is 341 g/mol. The number of anilines is 2. The molecule has 0 saturated carbocycles. The zero-order valence-corrected chi connectivity index (χ0v) is 13.2. The molecule has 0 amide bonds. The predicted molar refractivity (Wildman–Crippen MR) is 80.4 cm³/mol. The molecule has 19 heavy (non-hydrogen) atoms. The molecule has 100 valence electrons. The summed E-state index contributed by atoms with van der Waals surface area (Å²) in [4.78, 5) is 16.6. The largest absolute Gasteiger partial charge is 0.464 e. The van der Waals surface area contributed by atoms with Crippen molar-refractivity contribution in [2.75, 3.05) is 12.4 Å². The van der Waals surface area contributed by atoms with Crippen molar-refractivity contribution >= 4 is 44.1 Å². The zero-order valence-electron chi connectivity index (χ0n) is 10.8. The molecule has 2 aromatic rings. The standard InChI is InChI=1S/C13H13BrN2O2S/c1-7-4-5-9(14)6-10(7)15-13-16-11(8(2)19-13)12(17)18-3/h4-6H,1-3H3,(H,15,16). The first kappa shape index (κ1) is 14.0. The van der Waals surface area contributed by atoms with E-state index in [4.69, 9.17) is 4.74 Å². The summed E-state index contributed by atoms with van der Waals surface area (Å²) in [6.07, 6.45) is 0. The second-order valence-corrected chi connectivity index (χ2v) is 6.12. The van der Waals surface area contributed by atoms with E-state index in [1.165, 1.54) is 18.4 Å². The van der Waals surface area contributed by atoms with Crippen LogP contribution >= 0.6 is 27.3 Å². The monoisotopic (exact) mass is 340 g/mol. The molecule has 6 heteroatoms. The lowest BCUT2D eigenvalue weighted by Crippen LogP contribution is -2.03. The maximum Gasteiger partial charge on any atom is 0.357 e. The molecular formula is C13H13BrN2O2S. The first-order valence-electron chi connectivity index (χ1n) is 5.60. The van der Waals surface area contributed by atoms with Gasteiger partial charge in [-0.1, -0.05) is 22.0 Å². The Balaban J connectivity index is 2.29. The number of nitrogens with zero attached hydrogens (tertiary/aromatic N) is 1. The lowest BCUT2D eigenvalue weighted by atomic mass is 10.2. The Labute approximate surface area is 124 Å². The van der Waals surface area contributed by atoms with Crippen molar-refractivity contribution in [3.8, 4) is 0 Å².